The number of carbonyl (C=O) groups excluding carboxylic acids is 2. The Hall–Kier alpha value is -1.50. The van der Waals surface area contributed by atoms with Crippen LogP contribution in [0, 0.1) is 0 Å². The summed E-state index contributed by atoms with van der Waals surface area (Å²) in [7, 11) is 6.17. The Bertz CT molecular complexity index is 503. The van der Waals surface area contributed by atoms with E-state index in [-0.39, 0.29) is 12.1 Å². The molecule has 0 bridgehead atoms. The van der Waals surface area contributed by atoms with E-state index in [0.717, 1.165) is 25.7 Å². The zero-order valence-corrected chi connectivity index (χ0v) is 20.3. The van der Waals surface area contributed by atoms with Gasteiger partial charge in [0.25, 0.3) is 0 Å². The molecule has 166 valence electrons. The fourth-order valence-corrected chi connectivity index (χ4v) is 6.99. The smallest absolute Gasteiger partial charge is 0.319 e. The van der Waals surface area contributed by atoms with Gasteiger partial charge in [-0.3, -0.25) is 0 Å². The fourth-order valence-electron chi connectivity index (χ4n) is 4.85. The van der Waals surface area contributed by atoms with Crippen LogP contribution < -0.4 is 0 Å². The number of hydrogen-bond donors (Lipinski definition) is 0. The average Bonchev–Trinajstić information content (AvgIpc) is 2.77. The lowest BCUT2D eigenvalue weighted by atomic mass is 9.95. The van der Waals surface area contributed by atoms with Gasteiger partial charge in [0, 0.05) is 52.6 Å². The number of amides is 4. The highest BCUT2D eigenvalue weighted by Gasteiger charge is 2.28. The first-order valence-corrected chi connectivity index (χ1v) is 13.7. The van der Waals surface area contributed by atoms with Crippen LogP contribution in [0.25, 0.3) is 0 Å². The van der Waals surface area contributed by atoms with Crippen LogP contribution in [-0.4, -0.2) is 93.1 Å². The number of urea groups is 2. The summed E-state index contributed by atoms with van der Waals surface area (Å²) >= 11 is 0. The molecule has 0 radical (unpaired) electrons. The number of rotatable bonds is 7. The van der Waals surface area contributed by atoms with E-state index in [1.807, 2.05) is 53.5 Å². The van der Waals surface area contributed by atoms with Crippen molar-refractivity contribution in [1.29, 1.82) is 0 Å². The van der Waals surface area contributed by atoms with Crippen LogP contribution in [0.4, 0.5) is 9.59 Å². The summed E-state index contributed by atoms with van der Waals surface area (Å²) in [6, 6.07) is 0.945. The maximum absolute atomic E-state index is 12.9. The summed E-state index contributed by atoms with van der Waals surface area (Å²) in [5.41, 5.74) is 2.01. The van der Waals surface area contributed by atoms with Gasteiger partial charge in [0.05, 0.1) is 0 Å². The van der Waals surface area contributed by atoms with E-state index in [0.29, 0.717) is 24.4 Å². The molecule has 0 N–H and O–H groups in total. The molecular weight excluding hydrogens is 380 g/mol. The Kier molecular flexibility index (Phi) is 9.53. The normalized spacial score (nSPS) is 18.4. The maximum Gasteiger partial charge on any atom is 0.319 e. The van der Waals surface area contributed by atoms with E-state index in [9.17, 15) is 9.59 Å². The molecule has 0 aromatic heterocycles. The fraction of sp³-hybridized carbons (Fsp3) is 0.818. The molecule has 2 fully saturated rings. The molecule has 0 aromatic rings. The largest absolute Gasteiger partial charge is 0.331 e. The van der Waals surface area contributed by atoms with Gasteiger partial charge in [0.15, 0.2) is 0 Å². The number of nitrogens with zero attached hydrogens (tertiary/aromatic N) is 4. The van der Waals surface area contributed by atoms with E-state index in [2.05, 4.69) is 6.58 Å². The first-order valence-electron chi connectivity index (χ1n) is 11.4. The van der Waals surface area contributed by atoms with Crippen molar-refractivity contribution in [3.63, 3.8) is 0 Å². The molecule has 7 heteroatoms. The van der Waals surface area contributed by atoms with Crippen LogP contribution in [0.3, 0.4) is 0 Å². The van der Waals surface area contributed by atoms with Crippen LogP contribution in [0.5, 0.6) is 0 Å². The molecule has 0 heterocycles. The van der Waals surface area contributed by atoms with E-state index in [4.69, 9.17) is 0 Å². The Balaban J connectivity index is 1.85. The summed E-state index contributed by atoms with van der Waals surface area (Å²) in [6.07, 6.45) is 13.3. The van der Waals surface area contributed by atoms with Gasteiger partial charge in [0.1, 0.15) is 8.80 Å². The first-order chi connectivity index (χ1) is 13.8. The molecule has 0 saturated heterocycles. The lowest BCUT2D eigenvalue weighted by molar-refractivity contribution is 0.146. The summed E-state index contributed by atoms with van der Waals surface area (Å²) in [6.45, 7) is 4.01. The third kappa shape index (κ3) is 6.76. The molecule has 2 saturated carbocycles. The van der Waals surface area contributed by atoms with Gasteiger partial charge in [-0.25, -0.2) is 9.59 Å². The third-order valence-corrected chi connectivity index (χ3v) is 9.55. The molecule has 0 atom stereocenters. The van der Waals surface area contributed by atoms with Crippen molar-refractivity contribution in [2.75, 3.05) is 40.5 Å². The lowest BCUT2D eigenvalue weighted by Crippen LogP contribution is -2.52. The average molecular weight is 423 g/mol. The molecule has 29 heavy (non-hydrogen) atoms. The highest BCUT2D eigenvalue weighted by Crippen LogP contribution is 2.23. The van der Waals surface area contributed by atoms with Crippen molar-refractivity contribution in [3.05, 3.63) is 12.3 Å². The monoisotopic (exact) mass is 422 g/mol. The molecule has 0 aromatic carbocycles. The summed E-state index contributed by atoms with van der Waals surface area (Å²) in [5, 5.41) is 0. The van der Waals surface area contributed by atoms with Crippen molar-refractivity contribution in [1.82, 2.24) is 19.6 Å². The van der Waals surface area contributed by atoms with Gasteiger partial charge in [0.2, 0.25) is 0 Å². The first kappa shape index (κ1) is 23.8. The molecule has 0 spiro atoms. The van der Waals surface area contributed by atoms with E-state index in [1.54, 1.807) is 0 Å². The second kappa shape index (κ2) is 11.6. The number of carbonyl (C=O) groups is 2. The number of hydrogen-bond acceptors (Lipinski definition) is 2. The molecular formula is C22H42N4O2Si. The Morgan fingerprint density at radius 2 is 1.10 bits per heavy atom. The minimum Gasteiger partial charge on any atom is -0.331 e. The van der Waals surface area contributed by atoms with E-state index >= 15 is 0 Å². The molecule has 2 aliphatic carbocycles. The second-order valence-corrected chi connectivity index (χ2v) is 11.8. The van der Waals surface area contributed by atoms with Gasteiger partial charge < -0.3 is 19.6 Å². The zero-order valence-electron chi connectivity index (χ0n) is 19.1. The highest BCUT2D eigenvalue weighted by molar-refractivity contribution is 6.64. The molecule has 0 unspecified atom stereocenters. The predicted octanol–water partition coefficient (Wildman–Crippen LogP) is 3.65. The Morgan fingerprint density at radius 1 is 0.759 bits per heavy atom. The lowest BCUT2D eigenvalue weighted by Gasteiger charge is -2.36. The van der Waals surface area contributed by atoms with E-state index < -0.39 is 8.80 Å². The van der Waals surface area contributed by atoms with Crippen molar-refractivity contribution in [2.45, 2.75) is 76.3 Å². The quantitative estimate of drug-likeness (QED) is 0.588. The van der Waals surface area contributed by atoms with Gasteiger partial charge in [-0.15, -0.1) is 12.3 Å². The molecule has 6 nitrogen and oxygen atoms in total. The summed E-state index contributed by atoms with van der Waals surface area (Å²) in [5.74, 6) is 0. The van der Waals surface area contributed by atoms with Gasteiger partial charge >= 0.3 is 12.1 Å². The van der Waals surface area contributed by atoms with Gasteiger partial charge in [-0.2, -0.15) is 0 Å². The van der Waals surface area contributed by atoms with Gasteiger partial charge in [-0.05, 0) is 25.7 Å². The van der Waals surface area contributed by atoms with Gasteiger partial charge in [-0.1, -0.05) is 38.5 Å². The summed E-state index contributed by atoms with van der Waals surface area (Å²) < 4.78 is 0. The topological polar surface area (TPSA) is 47.1 Å². The van der Waals surface area contributed by atoms with Crippen LogP contribution in [0.1, 0.15) is 64.2 Å². The standard InChI is InChI=1S/C22H42N4O2Si/c1-6-29(17-23(2)21(27)25(4)19-13-9-7-10-14-19)18-24(3)22(28)26(5)20-15-11-8-12-16-20/h6,19-20,29H,1,7-18H2,2-5H3. The molecule has 2 aliphatic rings. The Labute approximate surface area is 179 Å². The summed E-state index contributed by atoms with van der Waals surface area (Å²) in [4.78, 5) is 33.3. The van der Waals surface area contributed by atoms with Crippen LogP contribution >= 0.6 is 0 Å². The zero-order chi connectivity index (χ0) is 21.4. The minimum atomic E-state index is -1.49. The van der Waals surface area contributed by atoms with Crippen LogP contribution in [-0.2, 0) is 0 Å². The van der Waals surface area contributed by atoms with E-state index in [1.165, 1.54) is 38.5 Å². The second-order valence-electron chi connectivity index (χ2n) is 9.13. The van der Waals surface area contributed by atoms with Crippen molar-refractivity contribution in [2.24, 2.45) is 0 Å². The third-order valence-electron chi connectivity index (χ3n) is 6.85. The van der Waals surface area contributed by atoms with Crippen molar-refractivity contribution in [3.8, 4) is 0 Å². The van der Waals surface area contributed by atoms with Crippen LogP contribution in [0.15, 0.2) is 12.3 Å². The SMILES string of the molecule is C=C[SiH](CN(C)C(=O)N(C)C1CCCCC1)CN(C)C(=O)N(C)C1CCCCC1. The molecule has 0 aliphatic heterocycles. The van der Waals surface area contributed by atoms with Crippen LogP contribution in [0.2, 0.25) is 0 Å². The predicted molar refractivity (Wildman–Crippen MR) is 123 cm³/mol. The van der Waals surface area contributed by atoms with Crippen molar-refractivity contribution >= 4 is 20.9 Å². The molecule has 4 amide bonds. The highest BCUT2D eigenvalue weighted by atomic mass is 28.3. The maximum atomic E-state index is 12.9. The van der Waals surface area contributed by atoms with Crippen molar-refractivity contribution < 1.29 is 9.59 Å². The minimum absolute atomic E-state index is 0.101. The molecule has 2 rings (SSSR count). The Morgan fingerprint density at radius 3 is 1.41 bits per heavy atom.